The number of anilines is 1. The van der Waals surface area contributed by atoms with Crippen LogP contribution in [0.25, 0.3) is 0 Å². The lowest BCUT2D eigenvalue weighted by Gasteiger charge is -2.07. The van der Waals surface area contributed by atoms with Crippen molar-refractivity contribution < 1.29 is 9.90 Å². The maximum absolute atomic E-state index is 11.6. The highest BCUT2D eigenvalue weighted by atomic mass is 35.5. The zero-order valence-corrected chi connectivity index (χ0v) is 9.79. The number of carbonyl (C=O) groups excluding carboxylic acids is 1. The summed E-state index contributed by atoms with van der Waals surface area (Å²) in [4.78, 5) is 11.6. The lowest BCUT2D eigenvalue weighted by molar-refractivity contribution is 0.0945. The minimum Gasteiger partial charge on any atom is -0.398 e. The fourth-order valence-corrected chi connectivity index (χ4v) is 1.30. The predicted octanol–water partition coefficient (Wildman–Crippen LogP) is 1.42. The molecule has 0 spiro atoms. The maximum atomic E-state index is 11.6. The topological polar surface area (TPSA) is 75.3 Å². The van der Waals surface area contributed by atoms with E-state index in [0.717, 1.165) is 0 Å². The first-order chi connectivity index (χ1) is 7.50. The zero-order valence-electron chi connectivity index (χ0n) is 9.03. The van der Waals surface area contributed by atoms with E-state index in [4.69, 9.17) is 22.4 Å². The number of aliphatic hydroxyl groups is 1. The zero-order chi connectivity index (χ0) is 12.1. The number of nitrogen functional groups attached to an aromatic ring is 1. The van der Waals surface area contributed by atoms with E-state index in [1.807, 2.05) is 0 Å². The fraction of sp³-hybridized carbons (Fsp3) is 0.364. The maximum Gasteiger partial charge on any atom is 0.251 e. The molecule has 0 aliphatic carbocycles. The molecule has 1 aromatic rings. The van der Waals surface area contributed by atoms with Crippen molar-refractivity contribution in [3.63, 3.8) is 0 Å². The molecule has 1 rings (SSSR count). The summed E-state index contributed by atoms with van der Waals surface area (Å²) in [5.74, 6) is -0.219. The second-order valence-electron chi connectivity index (χ2n) is 3.63. The van der Waals surface area contributed by atoms with Crippen molar-refractivity contribution in [2.75, 3.05) is 12.3 Å². The Balaban J connectivity index is 2.56. The largest absolute Gasteiger partial charge is 0.398 e. The van der Waals surface area contributed by atoms with Crippen LogP contribution in [0.3, 0.4) is 0 Å². The highest BCUT2D eigenvalue weighted by Crippen LogP contribution is 2.19. The fourth-order valence-electron chi connectivity index (χ4n) is 1.18. The minimum atomic E-state index is -0.421. The molecule has 1 amide bonds. The highest BCUT2D eigenvalue weighted by molar-refractivity contribution is 6.33. The lowest BCUT2D eigenvalue weighted by atomic mass is 10.2. The molecule has 1 aromatic carbocycles. The summed E-state index contributed by atoms with van der Waals surface area (Å²) in [6.45, 7) is 2.10. The monoisotopic (exact) mass is 242 g/mol. The first-order valence-corrected chi connectivity index (χ1v) is 5.40. The van der Waals surface area contributed by atoms with E-state index in [9.17, 15) is 4.79 Å². The third-order valence-electron chi connectivity index (χ3n) is 2.11. The Kier molecular flexibility index (Phi) is 4.58. The van der Waals surface area contributed by atoms with E-state index >= 15 is 0 Å². The SMILES string of the molecule is CC(O)CCNC(=O)c1ccc(Cl)c(N)c1. The van der Waals surface area contributed by atoms with Crippen molar-refractivity contribution in [2.45, 2.75) is 19.4 Å². The van der Waals surface area contributed by atoms with Gasteiger partial charge in [0.05, 0.1) is 16.8 Å². The molecule has 0 aliphatic heterocycles. The molecule has 0 fully saturated rings. The number of nitrogens with one attached hydrogen (secondary N) is 1. The van der Waals surface area contributed by atoms with Crippen LogP contribution in [-0.4, -0.2) is 23.7 Å². The van der Waals surface area contributed by atoms with Gasteiger partial charge in [0, 0.05) is 12.1 Å². The van der Waals surface area contributed by atoms with E-state index in [0.29, 0.717) is 29.2 Å². The second-order valence-corrected chi connectivity index (χ2v) is 4.04. The number of hydrogen-bond acceptors (Lipinski definition) is 3. The Morgan fingerprint density at radius 3 is 2.88 bits per heavy atom. The normalized spacial score (nSPS) is 12.2. The van der Waals surface area contributed by atoms with Gasteiger partial charge >= 0.3 is 0 Å². The highest BCUT2D eigenvalue weighted by Gasteiger charge is 2.07. The molecule has 1 atom stereocenters. The van der Waals surface area contributed by atoms with E-state index in [-0.39, 0.29) is 5.91 Å². The summed E-state index contributed by atoms with van der Waals surface area (Å²) < 4.78 is 0. The number of hydrogen-bond donors (Lipinski definition) is 3. The molecule has 4 N–H and O–H groups in total. The van der Waals surface area contributed by atoms with E-state index < -0.39 is 6.10 Å². The molecule has 16 heavy (non-hydrogen) atoms. The van der Waals surface area contributed by atoms with Crippen molar-refractivity contribution in [3.8, 4) is 0 Å². The Morgan fingerprint density at radius 1 is 1.62 bits per heavy atom. The number of halogens is 1. The molecule has 88 valence electrons. The van der Waals surface area contributed by atoms with Crippen LogP contribution in [0.4, 0.5) is 5.69 Å². The summed E-state index contributed by atoms with van der Waals surface area (Å²) in [5.41, 5.74) is 6.43. The van der Waals surface area contributed by atoms with Crippen LogP contribution in [0.5, 0.6) is 0 Å². The van der Waals surface area contributed by atoms with Gasteiger partial charge in [0.25, 0.3) is 5.91 Å². The van der Waals surface area contributed by atoms with Crippen LogP contribution in [0.15, 0.2) is 18.2 Å². The number of benzene rings is 1. The molecule has 1 unspecified atom stereocenters. The van der Waals surface area contributed by atoms with Crippen LogP contribution < -0.4 is 11.1 Å². The van der Waals surface area contributed by atoms with Gasteiger partial charge in [0.15, 0.2) is 0 Å². The van der Waals surface area contributed by atoms with E-state index in [1.54, 1.807) is 19.1 Å². The number of carbonyl (C=O) groups is 1. The van der Waals surface area contributed by atoms with Crippen LogP contribution in [0.1, 0.15) is 23.7 Å². The molecule has 0 aromatic heterocycles. The molecule has 0 radical (unpaired) electrons. The van der Waals surface area contributed by atoms with Crippen LogP contribution in [-0.2, 0) is 0 Å². The summed E-state index contributed by atoms with van der Waals surface area (Å²) in [6, 6.07) is 4.72. The van der Waals surface area contributed by atoms with Crippen molar-refractivity contribution >= 4 is 23.2 Å². The van der Waals surface area contributed by atoms with E-state index in [2.05, 4.69) is 5.32 Å². The van der Waals surface area contributed by atoms with Crippen molar-refractivity contribution in [1.29, 1.82) is 0 Å². The summed E-state index contributed by atoms with van der Waals surface area (Å²) in [7, 11) is 0. The summed E-state index contributed by atoms with van der Waals surface area (Å²) in [5, 5.41) is 12.1. The van der Waals surface area contributed by atoms with Gasteiger partial charge in [-0.3, -0.25) is 4.79 Å². The Labute approximate surface area is 99.4 Å². The standard InChI is InChI=1S/C11H15ClN2O2/c1-7(15)4-5-14-11(16)8-2-3-9(12)10(13)6-8/h2-3,6-7,15H,4-5,13H2,1H3,(H,14,16). The van der Waals surface area contributed by atoms with Gasteiger partial charge in [-0.15, -0.1) is 0 Å². The smallest absolute Gasteiger partial charge is 0.251 e. The molecular formula is C11H15ClN2O2. The number of nitrogens with two attached hydrogens (primary N) is 1. The summed E-state index contributed by atoms with van der Waals surface area (Å²) in [6.07, 6.45) is 0.102. The predicted molar refractivity (Wildman–Crippen MR) is 64.5 cm³/mol. The second kappa shape index (κ2) is 5.72. The molecule has 0 saturated heterocycles. The van der Waals surface area contributed by atoms with Crippen LogP contribution in [0, 0.1) is 0 Å². The average Bonchev–Trinajstić information content (AvgIpc) is 2.21. The summed E-state index contributed by atoms with van der Waals surface area (Å²) >= 11 is 5.74. The first-order valence-electron chi connectivity index (χ1n) is 5.02. The van der Waals surface area contributed by atoms with Crippen LogP contribution >= 0.6 is 11.6 Å². The van der Waals surface area contributed by atoms with Gasteiger partial charge in [0.1, 0.15) is 0 Å². The molecular weight excluding hydrogens is 228 g/mol. The Hall–Kier alpha value is -1.26. The Bertz CT molecular complexity index is 380. The molecule has 5 heteroatoms. The molecule has 4 nitrogen and oxygen atoms in total. The average molecular weight is 243 g/mol. The third-order valence-corrected chi connectivity index (χ3v) is 2.45. The number of aliphatic hydroxyl groups excluding tert-OH is 1. The van der Waals surface area contributed by atoms with Gasteiger partial charge in [-0.2, -0.15) is 0 Å². The van der Waals surface area contributed by atoms with Gasteiger partial charge in [-0.1, -0.05) is 11.6 Å². The van der Waals surface area contributed by atoms with Gasteiger partial charge in [-0.25, -0.2) is 0 Å². The van der Waals surface area contributed by atoms with E-state index in [1.165, 1.54) is 6.07 Å². The van der Waals surface area contributed by atoms with Crippen molar-refractivity contribution in [1.82, 2.24) is 5.32 Å². The first kappa shape index (κ1) is 12.8. The third kappa shape index (κ3) is 3.72. The quantitative estimate of drug-likeness (QED) is 0.699. The van der Waals surface area contributed by atoms with Gasteiger partial charge in [-0.05, 0) is 31.5 Å². The molecule has 0 heterocycles. The van der Waals surface area contributed by atoms with Crippen molar-refractivity contribution in [3.05, 3.63) is 28.8 Å². The molecule has 0 aliphatic rings. The van der Waals surface area contributed by atoms with Crippen molar-refractivity contribution in [2.24, 2.45) is 0 Å². The minimum absolute atomic E-state index is 0.219. The lowest BCUT2D eigenvalue weighted by Crippen LogP contribution is -2.26. The number of rotatable bonds is 4. The van der Waals surface area contributed by atoms with Gasteiger partial charge < -0.3 is 16.2 Å². The van der Waals surface area contributed by atoms with Gasteiger partial charge in [0.2, 0.25) is 0 Å². The number of amides is 1. The van der Waals surface area contributed by atoms with Crippen LogP contribution in [0.2, 0.25) is 5.02 Å². The molecule has 0 bridgehead atoms. The molecule has 0 saturated carbocycles. The Morgan fingerprint density at radius 2 is 2.31 bits per heavy atom.